The van der Waals surface area contributed by atoms with Crippen molar-refractivity contribution in [3.8, 4) is 11.5 Å². The quantitative estimate of drug-likeness (QED) is 0.900. The summed E-state index contributed by atoms with van der Waals surface area (Å²) in [5, 5.41) is 11.6. The van der Waals surface area contributed by atoms with Crippen molar-refractivity contribution in [2.45, 2.75) is 18.9 Å². The molecular formula is C19H20N2O4. The van der Waals surface area contributed by atoms with E-state index in [2.05, 4.69) is 5.32 Å². The number of benzene rings is 2. The van der Waals surface area contributed by atoms with Crippen LogP contribution in [-0.2, 0) is 0 Å². The number of phenols is 1. The highest BCUT2D eigenvalue weighted by atomic mass is 16.5. The van der Waals surface area contributed by atoms with Crippen molar-refractivity contribution < 1.29 is 19.4 Å². The molecule has 0 saturated carbocycles. The first kappa shape index (κ1) is 16.8. The molecular weight excluding hydrogens is 320 g/mol. The van der Waals surface area contributed by atoms with Gasteiger partial charge in [-0.05, 0) is 36.4 Å². The third-order valence-corrected chi connectivity index (χ3v) is 4.13. The Hall–Kier alpha value is -3.02. The van der Waals surface area contributed by atoms with E-state index in [0.717, 1.165) is 18.6 Å². The summed E-state index contributed by atoms with van der Waals surface area (Å²) in [6, 6.07) is 15.0. The predicted molar refractivity (Wildman–Crippen MR) is 92.6 cm³/mol. The molecule has 1 aliphatic heterocycles. The normalized spacial score (nSPS) is 14.8. The van der Waals surface area contributed by atoms with Crippen LogP contribution >= 0.6 is 0 Å². The second-order valence-corrected chi connectivity index (χ2v) is 5.92. The Morgan fingerprint density at radius 2 is 1.64 bits per heavy atom. The second kappa shape index (κ2) is 7.70. The van der Waals surface area contributed by atoms with E-state index in [1.807, 2.05) is 30.3 Å². The number of phenolic OH excluding ortho intramolecular Hbond substituents is 1. The molecule has 0 aromatic heterocycles. The number of carbonyl (C=O) groups excluding carboxylic acids is 2. The zero-order valence-electron chi connectivity index (χ0n) is 13.7. The third-order valence-electron chi connectivity index (χ3n) is 4.13. The molecule has 0 radical (unpaired) electrons. The summed E-state index contributed by atoms with van der Waals surface area (Å²) in [6.45, 7) is 1.07. The van der Waals surface area contributed by atoms with Crippen LogP contribution in [0.5, 0.6) is 11.5 Å². The van der Waals surface area contributed by atoms with Crippen LogP contribution in [0.15, 0.2) is 54.6 Å². The average Bonchev–Trinajstić information content (AvgIpc) is 2.63. The van der Waals surface area contributed by atoms with Gasteiger partial charge < -0.3 is 14.7 Å². The van der Waals surface area contributed by atoms with E-state index >= 15 is 0 Å². The van der Waals surface area contributed by atoms with Crippen molar-refractivity contribution in [3.05, 3.63) is 60.2 Å². The number of carbonyl (C=O) groups is 2. The molecule has 0 spiro atoms. The van der Waals surface area contributed by atoms with Gasteiger partial charge in [-0.1, -0.05) is 18.2 Å². The largest absolute Gasteiger partial charge is 0.508 e. The molecule has 3 rings (SSSR count). The number of aromatic hydroxyl groups is 1. The van der Waals surface area contributed by atoms with E-state index in [4.69, 9.17) is 4.74 Å². The van der Waals surface area contributed by atoms with Gasteiger partial charge in [0.25, 0.3) is 5.91 Å². The van der Waals surface area contributed by atoms with Crippen molar-refractivity contribution in [1.82, 2.24) is 10.2 Å². The Balaban J connectivity index is 1.48. The van der Waals surface area contributed by atoms with Gasteiger partial charge in [0.2, 0.25) is 0 Å². The number of imide groups is 1. The van der Waals surface area contributed by atoms with Crippen molar-refractivity contribution in [2.75, 3.05) is 13.1 Å². The number of likely N-dealkylation sites (tertiary alicyclic amines) is 1. The fourth-order valence-corrected chi connectivity index (χ4v) is 2.73. The summed E-state index contributed by atoms with van der Waals surface area (Å²) in [6.07, 6.45) is 1.50. The highest BCUT2D eigenvalue weighted by Gasteiger charge is 2.25. The number of hydrogen-bond acceptors (Lipinski definition) is 4. The molecule has 1 fully saturated rings. The molecule has 6 nitrogen and oxygen atoms in total. The Bertz CT molecular complexity index is 723. The van der Waals surface area contributed by atoms with Crippen LogP contribution in [0.1, 0.15) is 23.2 Å². The summed E-state index contributed by atoms with van der Waals surface area (Å²) in [7, 11) is 0. The molecule has 1 aliphatic rings. The first-order valence-corrected chi connectivity index (χ1v) is 8.23. The lowest BCUT2D eigenvalue weighted by atomic mass is 10.1. The number of urea groups is 1. The molecule has 2 aromatic carbocycles. The van der Waals surface area contributed by atoms with E-state index in [9.17, 15) is 14.7 Å². The molecule has 2 N–H and O–H groups in total. The fourth-order valence-electron chi connectivity index (χ4n) is 2.73. The number of hydrogen-bond donors (Lipinski definition) is 2. The maximum Gasteiger partial charge on any atom is 0.324 e. The first-order chi connectivity index (χ1) is 12.1. The van der Waals surface area contributed by atoms with Gasteiger partial charge in [0.15, 0.2) is 0 Å². The number of nitrogens with zero attached hydrogens (tertiary/aromatic N) is 1. The lowest BCUT2D eigenvalue weighted by Gasteiger charge is -2.32. The van der Waals surface area contributed by atoms with Gasteiger partial charge in [-0.25, -0.2) is 4.79 Å². The molecule has 0 unspecified atom stereocenters. The zero-order chi connectivity index (χ0) is 17.6. The number of piperidine rings is 1. The van der Waals surface area contributed by atoms with E-state index in [0.29, 0.717) is 18.7 Å². The fraction of sp³-hybridized carbons (Fsp3) is 0.263. The van der Waals surface area contributed by atoms with Gasteiger partial charge >= 0.3 is 6.03 Å². The molecule has 1 heterocycles. The lowest BCUT2D eigenvalue weighted by Crippen LogP contribution is -2.48. The highest BCUT2D eigenvalue weighted by Crippen LogP contribution is 2.18. The van der Waals surface area contributed by atoms with Crippen molar-refractivity contribution in [3.63, 3.8) is 0 Å². The van der Waals surface area contributed by atoms with Gasteiger partial charge in [0, 0.05) is 31.5 Å². The minimum Gasteiger partial charge on any atom is -0.508 e. The summed E-state index contributed by atoms with van der Waals surface area (Å²) in [5.41, 5.74) is 0.327. The number of amides is 3. The topological polar surface area (TPSA) is 78.9 Å². The Morgan fingerprint density at radius 3 is 2.28 bits per heavy atom. The standard InChI is InChI=1S/C19H20N2O4/c22-15-8-6-14(7-9-15)18(23)20-19(24)21-12-10-17(11-13-21)25-16-4-2-1-3-5-16/h1-9,17,22H,10-13H2,(H,20,23,24). The van der Waals surface area contributed by atoms with Gasteiger partial charge in [0.1, 0.15) is 17.6 Å². The lowest BCUT2D eigenvalue weighted by molar-refractivity contribution is 0.0916. The molecule has 0 aliphatic carbocycles. The van der Waals surface area contributed by atoms with Crippen LogP contribution in [0.4, 0.5) is 4.79 Å². The van der Waals surface area contributed by atoms with E-state index in [-0.39, 0.29) is 11.9 Å². The van der Waals surface area contributed by atoms with Crippen molar-refractivity contribution in [1.29, 1.82) is 0 Å². The van der Waals surface area contributed by atoms with Gasteiger partial charge in [0.05, 0.1) is 0 Å². The van der Waals surface area contributed by atoms with Crippen LogP contribution in [0, 0.1) is 0 Å². The van der Waals surface area contributed by atoms with Gasteiger partial charge in [-0.3, -0.25) is 10.1 Å². The molecule has 25 heavy (non-hydrogen) atoms. The van der Waals surface area contributed by atoms with E-state index in [1.165, 1.54) is 24.3 Å². The third kappa shape index (κ3) is 4.50. The molecule has 130 valence electrons. The predicted octanol–water partition coefficient (Wildman–Crippen LogP) is 2.79. The van der Waals surface area contributed by atoms with Crippen LogP contribution in [0.25, 0.3) is 0 Å². The van der Waals surface area contributed by atoms with Crippen LogP contribution in [0.3, 0.4) is 0 Å². The van der Waals surface area contributed by atoms with Crippen molar-refractivity contribution >= 4 is 11.9 Å². The summed E-state index contributed by atoms with van der Waals surface area (Å²) in [4.78, 5) is 25.9. The molecule has 0 bridgehead atoms. The average molecular weight is 340 g/mol. The van der Waals surface area contributed by atoms with Gasteiger partial charge in [-0.15, -0.1) is 0 Å². The smallest absolute Gasteiger partial charge is 0.324 e. The summed E-state index contributed by atoms with van der Waals surface area (Å²) < 4.78 is 5.90. The molecule has 3 amide bonds. The maximum absolute atomic E-state index is 12.2. The maximum atomic E-state index is 12.2. The minimum atomic E-state index is -0.479. The molecule has 6 heteroatoms. The van der Waals surface area contributed by atoms with Crippen molar-refractivity contribution in [2.24, 2.45) is 0 Å². The zero-order valence-corrected chi connectivity index (χ0v) is 13.7. The summed E-state index contributed by atoms with van der Waals surface area (Å²) in [5.74, 6) is 0.420. The minimum absolute atomic E-state index is 0.0688. The summed E-state index contributed by atoms with van der Waals surface area (Å²) >= 11 is 0. The highest BCUT2D eigenvalue weighted by molar-refractivity contribution is 6.04. The van der Waals surface area contributed by atoms with Crippen LogP contribution in [0.2, 0.25) is 0 Å². The second-order valence-electron chi connectivity index (χ2n) is 5.92. The van der Waals surface area contributed by atoms with E-state index in [1.54, 1.807) is 4.90 Å². The van der Waals surface area contributed by atoms with Crippen LogP contribution < -0.4 is 10.1 Å². The number of para-hydroxylation sites is 1. The van der Waals surface area contributed by atoms with Gasteiger partial charge in [-0.2, -0.15) is 0 Å². The molecule has 1 saturated heterocycles. The molecule has 2 aromatic rings. The van der Waals surface area contributed by atoms with Crippen LogP contribution in [-0.4, -0.2) is 41.1 Å². The molecule has 0 atom stereocenters. The first-order valence-electron chi connectivity index (χ1n) is 8.23. The SMILES string of the molecule is O=C(NC(=O)N1CCC(Oc2ccccc2)CC1)c1ccc(O)cc1. The Kier molecular flexibility index (Phi) is 5.18. The Morgan fingerprint density at radius 1 is 1.00 bits per heavy atom. The monoisotopic (exact) mass is 340 g/mol. The number of ether oxygens (including phenoxy) is 1. The van der Waals surface area contributed by atoms with E-state index < -0.39 is 11.9 Å². The Labute approximate surface area is 146 Å². The number of nitrogens with one attached hydrogen (secondary N) is 1. The number of rotatable bonds is 3.